The van der Waals surface area contributed by atoms with Crippen LogP contribution in [0.15, 0.2) is 0 Å². The van der Waals surface area contributed by atoms with E-state index in [9.17, 15) is 9.59 Å². The minimum atomic E-state index is -0.351. The summed E-state index contributed by atoms with van der Waals surface area (Å²) >= 11 is 0. The van der Waals surface area contributed by atoms with Gasteiger partial charge < -0.3 is 4.79 Å². The highest BCUT2D eigenvalue weighted by Crippen LogP contribution is 2.36. The van der Waals surface area contributed by atoms with Crippen molar-refractivity contribution in [3.8, 4) is 0 Å². The third kappa shape index (κ3) is 1.11. The standard InChI is InChI=1S/C8H12O2/c1-6-3-8(2,5-9)4-7(6)10/h5-6H,3-4H2,1-2H3/t6-,8-/m0/s1. The summed E-state index contributed by atoms with van der Waals surface area (Å²) in [7, 11) is 0. The van der Waals surface area contributed by atoms with Gasteiger partial charge in [0.1, 0.15) is 12.1 Å². The van der Waals surface area contributed by atoms with Gasteiger partial charge in [-0.25, -0.2) is 0 Å². The highest BCUT2D eigenvalue weighted by atomic mass is 16.1. The molecule has 1 rings (SSSR count). The summed E-state index contributed by atoms with van der Waals surface area (Å²) in [5.41, 5.74) is -0.351. The van der Waals surface area contributed by atoms with E-state index in [-0.39, 0.29) is 17.1 Å². The Bertz CT molecular complexity index is 174. The number of ketones is 1. The molecular weight excluding hydrogens is 128 g/mol. The number of hydrogen-bond donors (Lipinski definition) is 0. The van der Waals surface area contributed by atoms with E-state index in [2.05, 4.69) is 0 Å². The third-order valence-corrected chi connectivity index (χ3v) is 2.18. The zero-order chi connectivity index (χ0) is 7.78. The molecule has 0 bridgehead atoms. The number of rotatable bonds is 1. The minimum absolute atomic E-state index is 0.0928. The van der Waals surface area contributed by atoms with Gasteiger partial charge in [-0.05, 0) is 6.42 Å². The van der Waals surface area contributed by atoms with Crippen LogP contribution < -0.4 is 0 Å². The Kier molecular flexibility index (Phi) is 1.63. The van der Waals surface area contributed by atoms with E-state index < -0.39 is 0 Å². The molecule has 0 radical (unpaired) electrons. The van der Waals surface area contributed by atoms with Gasteiger partial charge in [0.25, 0.3) is 0 Å². The molecule has 2 nitrogen and oxygen atoms in total. The lowest BCUT2D eigenvalue weighted by Gasteiger charge is -2.11. The van der Waals surface area contributed by atoms with Gasteiger partial charge in [-0.2, -0.15) is 0 Å². The molecule has 0 spiro atoms. The topological polar surface area (TPSA) is 34.1 Å². The van der Waals surface area contributed by atoms with Crippen LogP contribution in [0.4, 0.5) is 0 Å². The molecule has 0 aromatic heterocycles. The van der Waals surface area contributed by atoms with Gasteiger partial charge in [0, 0.05) is 17.8 Å². The lowest BCUT2D eigenvalue weighted by Crippen LogP contribution is -2.12. The van der Waals surface area contributed by atoms with Gasteiger partial charge in [-0.15, -0.1) is 0 Å². The third-order valence-electron chi connectivity index (χ3n) is 2.18. The monoisotopic (exact) mass is 140 g/mol. The van der Waals surface area contributed by atoms with E-state index in [4.69, 9.17) is 0 Å². The fourth-order valence-corrected chi connectivity index (χ4v) is 1.55. The Morgan fingerprint density at radius 2 is 2.30 bits per heavy atom. The van der Waals surface area contributed by atoms with Crippen LogP contribution in [0.1, 0.15) is 26.7 Å². The second-order valence-corrected chi connectivity index (χ2v) is 3.52. The van der Waals surface area contributed by atoms with E-state index in [1.165, 1.54) is 0 Å². The number of hydrogen-bond acceptors (Lipinski definition) is 2. The van der Waals surface area contributed by atoms with Crippen molar-refractivity contribution >= 4 is 12.1 Å². The molecule has 0 aliphatic heterocycles. The summed E-state index contributed by atoms with van der Waals surface area (Å²) in [5, 5.41) is 0. The molecule has 0 aromatic rings. The van der Waals surface area contributed by atoms with E-state index >= 15 is 0 Å². The van der Waals surface area contributed by atoms with Gasteiger partial charge in [-0.3, -0.25) is 4.79 Å². The largest absolute Gasteiger partial charge is 0.303 e. The molecule has 2 atom stereocenters. The van der Waals surface area contributed by atoms with Crippen LogP contribution >= 0.6 is 0 Å². The highest BCUT2D eigenvalue weighted by Gasteiger charge is 2.38. The second kappa shape index (κ2) is 2.19. The Morgan fingerprint density at radius 3 is 2.50 bits per heavy atom. The van der Waals surface area contributed by atoms with Crippen LogP contribution in [-0.2, 0) is 9.59 Å². The predicted octanol–water partition coefficient (Wildman–Crippen LogP) is 1.19. The maximum absolute atomic E-state index is 11.0. The number of carbonyl (C=O) groups is 2. The first-order valence-electron chi connectivity index (χ1n) is 3.56. The smallest absolute Gasteiger partial charge is 0.136 e. The first-order valence-corrected chi connectivity index (χ1v) is 3.56. The molecule has 1 fully saturated rings. The van der Waals surface area contributed by atoms with E-state index in [1.54, 1.807) is 0 Å². The summed E-state index contributed by atoms with van der Waals surface area (Å²) in [6, 6.07) is 0. The summed E-state index contributed by atoms with van der Waals surface area (Å²) in [5.74, 6) is 0.324. The Morgan fingerprint density at radius 1 is 1.70 bits per heavy atom. The van der Waals surface area contributed by atoms with Gasteiger partial charge in [0.2, 0.25) is 0 Å². The molecule has 1 saturated carbocycles. The van der Waals surface area contributed by atoms with Gasteiger partial charge in [0.15, 0.2) is 0 Å². The molecule has 56 valence electrons. The normalized spacial score (nSPS) is 40.2. The van der Waals surface area contributed by atoms with Gasteiger partial charge in [0.05, 0.1) is 0 Å². The highest BCUT2D eigenvalue weighted by molar-refractivity contribution is 5.87. The predicted molar refractivity (Wildman–Crippen MR) is 37.6 cm³/mol. The molecule has 0 amide bonds. The van der Waals surface area contributed by atoms with Crippen molar-refractivity contribution in [2.75, 3.05) is 0 Å². The summed E-state index contributed by atoms with van der Waals surface area (Å²) in [6.45, 7) is 3.73. The van der Waals surface area contributed by atoms with Crippen molar-refractivity contribution < 1.29 is 9.59 Å². The molecule has 0 saturated heterocycles. The average molecular weight is 140 g/mol. The summed E-state index contributed by atoms with van der Waals surface area (Å²) in [6.07, 6.45) is 2.08. The molecule has 1 aliphatic rings. The van der Waals surface area contributed by atoms with Crippen LogP contribution in [0, 0.1) is 11.3 Å². The lowest BCUT2D eigenvalue weighted by atomic mass is 9.90. The summed E-state index contributed by atoms with van der Waals surface area (Å²) in [4.78, 5) is 21.5. The Hall–Kier alpha value is -0.660. The van der Waals surface area contributed by atoms with Crippen LogP contribution in [0.5, 0.6) is 0 Å². The van der Waals surface area contributed by atoms with Crippen LogP contribution in [0.25, 0.3) is 0 Å². The maximum Gasteiger partial charge on any atom is 0.136 e. The molecule has 10 heavy (non-hydrogen) atoms. The zero-order valence-corrected chi connectivity index (χ0v) is 6.39. The first kappa shape index (κ1) is 7.45. The zero-order valence-electron chi connectivity index (χ0n) is 6.39. The van der Waals surface area contributed by atoms with Gasteiger partial charge in [-0.1, -0.05) is 13.8 Å². The molecular formula is C8H12O2. The van der Waals surface area contributed by atoms with E-state index in [0.29, 0.717) is 6.42 Å². The van der Waals surface area contributed by atoms with Crippen molar-refractivity contribution in [1.82, 2.24) is 0 Å². The molecule has 0 heterocycles. The maximum atomic E-state index is 11.0. The van der Waals surface area contributed by atoms with E-state index in [1.807, 2.05) is 13.8 Å². The fraction of sp³-hybridized carbons (Fsp3) is 0.750. The Labute approximate surface area is 60.6 Å². The molecule has 1 aliphatic carbocycles. The second-order valence-electron chi connectivity index (χ2n) is 3.52. The van der Waals surface area contributed by atoms with Crippen LogP contribution in [-0.4, -0.2) is 12.1 Å². The molecule has 0 N–H and O–H groups in total. The van der Waals surface area contributed by atoms with E-state index in [0.717, 1.165) is 12.7 Å². The number of Topliss-reactive ketones (excluding diaryl/α,β-unsaturated/α-hetero) is 1. The lowest BCUT2D eigenvalue weighted by molar-refractivity contribution is -0.122. The van der Waals surface area contributed by atoms with Crippen molar-refractivity contribution in [2.45, 2.75) is 26.7 Å². The minimum Gasteiger partial charge on any atom is -0.303 e. The molecule has 0 aromatic carbocycles. The SMILES string of the molecule is C[C@H]1C[C@](C)(C=O)CC1=O. The number of carbonyl (C=O) groups excluding carboxylic acids is 2. The quantitative estimate of drug-likeness (QED) is 0.513. The average Bonchev–Trinajstić information content (AvgIpc) is 2.10. The van der Waals surface area contributed by atoms with Crippen molar-refractivity contribution in [3.05, 3.63) is 0 Å². The van der Waals surface area contributed by atoms with Gasteiger partial charge >= 0.3 is 0 Å². The van der Waals surface area contributed by atoms with Crippen molar-refractivity contribution in [2.24, 2.45) is 11.3 Å². The Balaban J connectivity index is 2.73. The van der Waals surface area contributed by atoms with Crippen molar-refractivity contribution in [3.63, 3.8) is 0 Å². The first-order chi connectivity index (χ1) is 4.57. The number of aldehydes is 1. The molecule has 0 unspecified atom stereocenters. The summed E-state index contributed by atoms with van der Waals surface area (Å²) < 4.78 is 0. The van der Waals surface area contributed by atoms with Crippen LogP contribution in [0.3, 0.4) is 0 Å². The fourth-order valence-electron chi connectivity index (χ4n) is 1.55. The van der Waals surface area contributed by atoms with Crippen molar-refractivity contribution in [1.29, 1.82) is 0 Å². The van der Waals surface area contributed by atoms with Crippen LogP contribution in [0.2, 0.25) is 0 Å². The molecule has 2 heteroatoms.